The Morgan fingerprint density at radius 2 is 1.88 bits per heavy atom. The number of carbonyl (C=O) groups excluding carboxylic acids is 1. The molecule has 1 amide bonds. The van der Waals surface area contributed by atoms with Gasteiger partial charge in [0.05, 0.1) is 6.04 Å². The maximum Gasteiger partial charge on any atom is 0.236 e. The highest BCUT2D eigenvalue weighted by molar-refractivity contribution is 5.81. The molecule has 0 fully saturated rings. The number of rotatable bonds is 8. The van der Waals surface area contributed by atoms with E-state index in [0.717, 1.165) is 26.1 Å². The molecule has 0 aromatic rings. The second kappa shape index (κ2) is 8.53. The zero-order chi connectivity index (χ0) is 12.6. The summed E-state index contributed by atoms with van der Waals surface area (Å²) in [7, 11) is 0. The van der Waals surface area contributed by atoms with E-state index in [2.05, 4.69) is 37.9 Å². The molecule has 0 rings (SSSR count). The molecular formula is C12H27N3O. The van der Waals surface area contributed by atoms with Crippen molar-refractivity contribution in [2.24, 2.45) is 11.7 Å². The molecule has 1 unspecified atom stereocenters. The lowest BCUT2D eigenvalue weighted by atomic mass is 10.0. The molecule has 1 atom stereocenters. The van der Waals surface area contributed by atoms with Crippen LogP contribution in [0.25, 0.3) is 0 Å². The normalized spacial score (nSPS) is 13.2. The summed E-state index contributed by atoms with van der Waals surface area (Å²) in [4.78, 5) is 13.9. The molecule has 0 radical (unpaired) electrons. The second-order valence-electron chi connectivity index (χ2n) is 4.55. The van der Waals surface area contributed by atoms with Crippen LogP contribution in [-0.2, 0) is 4.79 Å². The third-order valence-corrected chi connectivity index (χ3v) is 2.68. The molecule has 3 N–H and O–H groups in total. The van der Waals surface area contributed by atoms with Gasteiger partial charge in [-0.25, -0.2) is 0 Å². The number of likely N-dealkylation sites (N-methyl/N-ethyl adjacent to an activating group) is 1. The largest absolute Gasteiger partial charge is 0.353 e. The van der Waals surface area contributed by atoms with Crippen molar-refractivity contribution in [1.29, 1.82) is 0 Å². The van der Waals surface area contributed by atoms with E-state index in [9.17, 15) is 4.79 Å². The highest BCUT2D eigenvalue weighted by atomic mass is 16.2. The first kappa shape index (κ1) is 15.4. The molecule has 0 aromatic heterocycles. The molecular weight excluding hydrogens is 202 g/mol. The van der Waals surface area contributed by atoms with E-state index in [-0.39, 0.29) is 11.9 Å². The van der Waals surface area contributed by atoms with Crippen LogP contribution in [0.1, 0.15) is 34.1 Å². The van der Waals surface area contributed by atoms with Crippen LogP contribution in [0.5, 0.6) is 0 Å². The van der Waals surface area contributed by atoms with Crippen LogP contribution in [0.15, 0.2) is 0 Å². The summed E-state index contributed by atoms with van der Waals surface area (Å²) in [5.41, 5.74) is 5.77. The molecule has 96 valence electrons. The first-order valence-corrected chi connectivity index (χ1v) is 6.26. The Kier molecular flexibility index (Phi) is 8.21. The summed E-state index contributed by atoms with van der Waals surface area (Å²) in [5.74, 6) is 0.435. The van der Waals surface area contributed by atoms with Crippen molar-refractivity contribution >= 4 is 5.91 Å². The fraction of sp³-hybridized carbons (Fsp3) is 0.917. The van der Waals surface area contributed by atoms with Crippen LogP contribution in [0, 0.1) is 5.92 Å². The topological polar surface area (TPSA) is 58.4 Å². The Hall–Kier alpha value is -0.610. The first-order chi connectivity index (χ1) is 7.51. The SMILES string of the molecule is CCN(CC)CCNC(=O)C(N)CC(C)C. The van der Waals surface area contributed by atoms with Gasteiger partial charge in [-0.1, -0.05) is 27.7 Å². The third-order valence-electron chi connectivity index (χ3n) is 2.68. The molecule has 0 heterocycles. The average molecular weight is 229 g/mol. The highest BCUT2D eigenvalue weighted by Gasteiger charge is 2.14. The first-order valence-electron chi connectivity index (χ1n) is 6.26. The Labute approximate surface area is 99.6 Å². The molecule has 0 saturated heterocycles. The Balaban J connectivity index is 3.72. The van der Waals surface area contributed by atoms with Gasteiger partial charge in [-0.15, -0.1) is 0 Å². The zero-order valence-electron chi connectivity index (χ0n) is 11.1. The summed E-state index contributed by atoms with van der Waals surface area (Å²) in [5, 5.41) is 2.88. The summed E-state index contributed by atoms with van der Waals surface area (Å²) in [6.45, 7) is 12.0. The molecule has 0 bridgehead atoms. The number of nitrogens with zero attached hydrogens (tertiary/aromatic N) is 1. The van der Waals surface area contributed by atoms with E-state index in [4.69, 9.17) is 5.73 Å². The Morgan fingerprint density at radius 3 is 2.31 bits per heavy atom. The molecule has 0 aliphatic carbocycles. The minimum atomic E-state index is -0.364. The molecule has 0 aliphatic rings. The molecule has 16 heavy (non-hydrogen) atoms. The number of carbonyl (C=O) groups is 1. The van der Waals surface area contributed by atoms with E-state index in [1.54, 1.807) is 0 Å². The van der Waals surface area contributed by atoms with Gasteiger partial charge in [-0.05, 0) is 25.4 Å². The van der Waals surface area contributed by atoms with Gasteiger partial charge >= 0.3 is 0 Å². The minimum absolute atomic E-state index is 0.0270. The number of nitrogens with two attached hydrogens (primary N) is 1. The monoisotopic (exact) mass is 229 g/mol. The molecule has 4 nitrogen and oxygen atoms in total. The lowest BCUT2D eigenvalue weighted by Gasteiger charge is -2.19. The quantitative estimate of drug-likeness (QED) is 0.648. The zero-order valence-corrected chi connectivity index (χ0v) is 11.1. The Bertz CT molecular complexity index is 191. The Morgan fingerprint density at radius 1 is 1.31 bits per heavy atom. The van der Waals surface area contributed by atoms with Crippen molar-refractivity contribution in [3.8, 4) is 0 Å². The van der Waals surface area contributed by atoms with Gasteiger partial charge in [-0.3, -0.25) is 4.79 Å². The van der Waals surface area contributed by atoms with Crippen LogP contribution in [-0.4, -0.2) is 43.0 Å². The van der Waals surface area contributed by atoms with Gasteiger partial charge < -0.3 is 16.0 Å². The minimum Gasteiger partial charge on any atom is -0.353 e. The van der Waals surface area contributed by atoms with E-state index >= 15 is 0 Å². The molecule has 4 heteroatoms. The predicted octanol–water partition coefficient (Wildman–Crippen LogP) is 0.818. The maximum absolute atomic E-state index is 11.6. The van der Waals surface area contributed by atoms with Crippen molar-refractivity contribution in [3.05, 3.63) is 0 Å². The van der Waals surface area contributed by atoms with Gasteiger partial charge in [0.15, 0.2) is 0 Å². The maximum atomic E-state index is 11.6. The van der Waals surface area contributed by atoms with E-state index in [1.807, 2.05) is 0 Å². The fourth-order valence-corrected chi connectivity index (χ4v) is 1.62. The van der Waals surface area contributed by atoms with Crippen molar-refractivity contribution in [2.75, 3.05) is 26.2 Å². The average Bonchev–Trinajstić information content (AvgIpc) is 2.23. The lowest BCUT2D eigenvalue weighted by Crippen LogP contribution is -2.44. The van der Waals surface area contributed by atoms with E-state index in [1.165, 1.54) is 0 Å². The summed E-state index contributed by atoms with van der Waals surface area (Å²) < 4.78 is 0. The molecule has 0 aliphatic heterocycles. The number of nitrogens with one attached hydrogen (secondary N) is 1. The molecule has 0 spiro atoms. The van der Waals surface area contributed by atoms with E-state index in [0.29, 0.717) is 12.5 Å². The van der Waals surface area contributed by atoms with Crippen molar-refractivity contribution < 1.29 is 4.79 Å². The van der Waals surface area contributed by atoms with Gasteiger partial charge in [0.1, 0.15) is 0 Å². The smallest absolute Gasteiger partial charge is 0.236 e. The van der Waals surface area contributed by atoms with Crippen LogP contribution in [0.2, 0.25) is 0 Å². The summed E-state index contributed by atoms with van der Waals surface area (Å²) in [6, 6.07) is -0.364. The van der Waals surface area contributed by atoms with Gasteiger partial charge in [-0.2, -0.15) is 0 Å². The van der Waals surface area contributed by atoms with E-state index < -0.39 is 0 Å². The molecule has 0 saturated carbocycles. The van der Waals surface area contributed by atoms with Gasteiger partial charge in [0.25, 0.3) is 0 Å². The standard InChI is InChI=1S/C12H27N3O/c1-5-15(6-2)8-7-14-12(16)11(13)9-10(3)4/h10-11H,5-9,13H2,1-4H3,(H,14,16). The highest BCUT2D eigenvalue weighted by Crippen LogP contribution is 2.02. The molecule has 0 aromatic carbocycles. The number of hydrogen-bond donors (Lipinski definition) is 2. The third kappa shape index (κ3) is 6.80. The van der Waals surface area contributed by atoms with Crippen LogP contribution in [0.3, 0.4) is 0 Å². The van der Waals surface area contributed by atoms with Crippen molar-refractivity contribution in [3.63, 3.8) is 0 Å². The summed E-state index contributed by atoms with van der Waals surface area (Å²) >= 11 is 0. The van der Waals surface area contributed by atoms with Crippen LogP contribution >= 0.6 is 0 Å². The summed E-state index contributed by atoms with van der Waals surface area (Å²) in [6.07, 6.45) is 0.747. The number of amides is 1. The van der Waals surface area contributed by atoms with Crippen molar-refractivity contribution in [2.45, 2.75) is 40.2 Å². The van der Waals surface area contributed by atoms with Gasteiger partial charge in [0.2, 0.25) is 5.91 Å². The fourth-order valence-electron chi connectivity index (χ4n) is 1.62. The number of hydrogen-bond acceptors (Lipinski definition) is 3. The van der Waals surface area contributed by atoms with Crippen LogP contribution in [0.4, 0.5) is 0 Å². The van der Waals surface area contributed by atoms with Gasteiger partial charge in [0, 0.05) is 13.1 Å². The van der Waals surface area contributed by atoms with Crippen LogP contribution < -0.4 is 11.1 Å². The predicted molar refractivity (Wildman–Crippen MR) is 68.2 cm³/mol. The second-order valence-corrected chi connectivity index (χ2v) is 4.55. The lowest BCUT2D eigenvalue weighted by molar-refractivity contribution is -0.122. The van der Waals surface area contributed by atoms with Crippen molar-refractivity contribution in [1.82, 2.24) is 10.2 Å².